The average molecular weight is 427 g/mol. The second-order valence-corrected chi connectivity index (χ2v) is 2.14. The van der Waals surface area contributed by atoms with E-state index < -0.39 is 0 Å². The van der Waals surface area contributed by atoms with E-state index in [4.69, 9.17) is 0 Å². The van der Waals surface area contributed by atoms with Gasteiger partial charge in [0.15, 0.2) is 0 Å². The summed E-state index contributed by atoms with van der Waals surface area (Å²) in [5, 5.41) is 0. The van der Waals surface area contributed by atoms with E-state index in [-0.39, 0.29) is 0 Å². The van der Waals surface area contributed by atoms with Gasteiger partial charge >= 0.3 is 34.9 Å². The van der Waals surface area contributed by atoms with Crippen LogP contribution in [-0.4, -0.2) is 0 Å². The first kappa shape index (κ1) is 10.9. The monoisotopic (exact) mass is 428 g/mol. The summed E-state index contributed by atoms with van der Waals surface area (Å²) >= 11 is 4.12. The Morgan fingerprint density at radius 3 is 1.70 bits per heavy atom. The summed E-state index contributed by atoms with van der Waals surface area (Å²) in [6, 6.07) is 0. The molecule has 0 aromatic carbocycles. The Morgan fingerprint density at radius 1 is 0.900 bits per heavy atom. The molecule has 10 heavy (non-hydrogen) atoms. The van der Waals surface area contributed by atoms with Crippen LogP contribution in [0.4, 0.5) is 0 Å². The Labute approximate surface area is 84.4 Å². The van der Waals surface area contributed by atoms with E-state index in [9.17, 15) is 0 Å². The van der Waals surface area contributed by atoms with Crippen LogP contribution in [0.2, 0.25) is 0 Å². The second-order valence-electron chi connectivity index (χ2n) is 2.14. The fourth-order valence-corrected chi connectivity index (χ4v) is 0.874. The minimum atomic E-state index is 1.27. The van der Waals surface area contributed by atoms with Crippen LogP contribution in [0.3, 0.4) is 0 Å². The van der Waals surface area contributed by atoms with E-state index in [0.717, 1.165) is 0 Å². The van der Waals surface area contributed by atoms with Crippen molar-refractivity contribution in [3.63, 3.8) is 0 Å². The quantitative estimate of drug-likeness (QED) is 0.519. The molecule has 1 aliphatic carbocycles. The molecule has 0 saturated heterocycles. The van der Waals surface area contributed by atoms with Gasteiger partial charge in [-0.1, -0.05) is 24.3 Å². The standard InChI is InChI=1S/C8H12.HI.Ir/c1-2-4-6-8-7-5-3-1;;/h1-4H,5-8H2;1H;/q;;+1/p-1/b3-1-,4-2-;;. The van der Waals surface area contributed by atoms with E-state index in [0.29, 0.717) is 0 Å². The predicted octanol–water partition coefficient (Wildman–Crippen LogP) is 3.56. The van der Waals surface area contributed by atoms with Gasteiger partial charge in [-0.3, -0.25) is 0 Å². The summed E-state index contributed by atoms with van der Waals surface area (Å²) in [5.74, 6) is 0. The van der Waals surface area contributed by atoms with Crippen molar-refractivity contribution in [2.75, 3.05) is 0 Å². The molecule has 1 aliphatic rings. The van der Waals surface area contributed by atoms with E-state index in [1.807, 2.05) is 15.3 Å². The number of hydrogen-bond acceptors (Lipinski definition) is 0. The molecule has 0 unspecified atom stereocenters. The van der Waals surface area contributed by atoms with Crippen molar-refractivity contribution < 1.29 is 15.3 Å². The Bertz CT molecular complexity index is 93.8. The molecule has 0 heterocycles. The van der Waals surface area contributed by atoms with Crippen molar-refractivity contribution in [2.45, 2.75) is 25.7 Å². The molecular weight excluding hydrogens is 415 g/mol. The van der Waals surface area contributed by atoms with E-state index in [1.165, 1.54) is 25.7 Å². The molecule has 0 bridgehead atoms. The third kappa shape index (κ3) is 6.97. The van der Waals surface area contributed by atoms with Crippen molar-refractivity contribution in [3.8, 4) is 0 Å². The topological polar surface area (TPSA) is 0 Å². The Kier molecular flexibility index (Phi) is 10.7. The zero-order valence-electron chi connectivity index (χ0n) is 5.85. The normalized spacial score (nSPS) is 23.1. The first-order valence-corrected chi connectivity index (χ1v) is 10.2. The van der Waals surface area contributed by atoms with Gasteiger partial charge < -0.3 is 0 Å². The van der Waals surface area contributed by atoms with Crippen LogP contribution in [0, 0.1) is 0 Å². The fourth-order valence-electron chi connectivity index (χ4n) is 0.874. The number of hydrogen-bond donors (Lipinski definition) is 0. The van der Waals surface area contributed by atoms with Crippen LogP contribution in [-0.2, 0) is 15.3 Å². The number of halogens is 1. The molecule has 0 N–H and O–H groups in total. The number of rotatable bonds is 0. The van der Waals surface area contributed by atoms with Gasteiger partial charge in [-0.25, -0.2) is 0 Å². The van der Waals surface area contributed by atoms with Crippen LogP contribution in [0.1, 0.15) is 25.7 Å². The number of allylic oxidation sites excluding steroid dienone is 4. The Morgan fingerprint density at radius 2 is 1.30 bits per heavy atom. The third-order valence-electron chi connectivity index (χ3n) is 1.37. The molecule has 0 aromatic heterocycles. The van der Waals surface area contributed by atoms with E-state index in [1.54, 1.807) is 0 Å². The fraction of sp³-hybridized carbons (Fsp3) is 0.500. The summed E-state index contributed by atoms with van der Waals surface area (Å²) in [7, 11) is 0. The van der Waals surface area contributed by atoms with Gasteiger partial charge in [0.25, 0.3) is 0 Å². The first-order chi connectivity index (χ1) is 5.00. The van der Waals surface area contributed by atoms with Crippen molar-refractivity contribution >= 4 is 19.6 Å². The molecule has 0 amide bonds. The zero-order chi connectivity index (χ0) is 7.66. The van der Waals surface area contributed by atoms with Crippen LogP contribution in [0.15, 0.2) is 24.3 Å². The maximum absolute atomic E-state index is 2.23. The summed E-state index contributed by atoms with van der Waals surface area (Å²) < 4.78 is 0. The molecule has 0 saturated carbocycles. The van der Waals surface area contributed by atoms with Crippen molar-refractivity contribution in [1.29, 1.82) is 0 Å². The van der Waals surface area contributed by atoms with Crippen LogP contribution < -0.4 is 0 Å². The molecule has 0 radical (unpaired) electrons. The molecule has 1 rings (SSSR count). The molecule has 2 heteroatoms. The van der Waals surface area contributed by atoms with Gasteiger partial charge in [0.1, 0.15) is 0 Å². The van der Waals surface area contributed by atoms with Crippen molar-refractivity contribution in [3.05, 3.63) is 24.3 Å². The molecule has 0 aliphatic heterocycles. The summed E-state index contributed by atoms with van der Waals surface area (Å²) in [4.78, 5) is 0. The van der Waals surface area contributed by atoms with Crippen molar-refractivity contribution in [2.24, 2.45) is 0 Å². The third-order valence-corrected chi connectivity index (χ3v) is 1.37. The summed E-state index contributed by atoms with van der Waals surface area (Å²) in [6.07, 6.45) is 14.0. The maximum atomic E-state index is 2.23. The van der Waals surface area contributed by atoms with Gasteiger partial charge in [-0.2, -0.15) is 0 Å². The molecule has 0 aromatic rings. The van der Waals surface area contributed by atoms with Gasteiger partial charge in [0, 0.05) is 0 Å². The van der Waals surface area contributed by atoms with Crippen LogP contribution >= 0.6 is 19.6 Å². The molecule has 0 nitrogen and oxygen atoms in total. The molecule has 60 valence electrons. The Balaban J connectivity index is 0.000000371. The van der Waals surface area contributed by atoms with Crippen LogP contribution in [0.5, 0.6) is 0 Å². The second kappa shape index (κ2) is 9.86. The molecular formula is C8H12IIr. The predicted molar refractivity (Wildman–Crippen MR) is 50.8 cm³/mol. The molecule has 0 atom stereocenters. The first-order valence-electron chi connectivity index (χ1n) is 3.44. The average Bonchev–Trinajstić information content (AvgIpc) is 1.90. The summed E-state index contributed by atoms with van der Waals surface area (Å²) in [5.41, 5.74) is 0. The molecule has 0 fully saturated rings. The van der Waals surface area contributed by atoms with E-state index in [2.05, 4.69) is 43.9 Å². The minimum absolute atomic E-state index is 1.27. The van der Waals surface area contributed by atoms with Gasteiger partial charge in [-0.15, -0.1) is 0 Å². The SMILES string of the molecule is C1=C\CCCC\C=C/1.[I][Ir]. The Hall–Kier alpha value is 0.859. The van der Waals surface area contributed by atoms with Gasteiger partial charge in [-0.05, 0) is 25.7 Å². The molecule has 0 spiro atoms. The van der Waals surface area contributed by atoms with Gasteiger partial charge in [0.05, 0.1) is 0 Å². The van der Waals surface area contributed by atoms with Crippen LogP contribution in [0.25, 0.3) is 0 Å². The summed E-state index contributed by atoms with van der Waals surface area (Å²) in [6.45, 7) is 0. The van der Waals surface area contributed by atoms with Crippen molar-refractivity contribution in [1.82, 2.24) is 0 Å². The van der Waals surface area contributed by atoms with Gasteiger partial charge in [0.2, 0.25) is 0 Å². The van der Waals surface area contributed by atoms with E-state index >= 15 is 0 Å². The zero-order valence-corrected chi connectivity index (χ0v) is 10.4.